The van der Waals surface area contributed by atoms with Gasteiger partial charge in [-0.3, -0.25) is 4.79 Å². The highest BCUT2D eigenvalue weighted by atomic mass is 79.9. The van der Waals surface area contributed by atoms with Crippen LogP contribution >= 0.6 is 15.9 Å². The summed E-state index contributed by atoms with van der Waals surface area (Å²) in [6.45, 7) is 1.92. The highest BCUT2D eigenvalue weighted by Crippen LogP contribution is 2.19. The number of amides is 1. The third kappa shape index (κ3) is 2.85. The summed E-state index contributed by atoms with van der Waals surface area (Å²) >= 11 is 3.35. The van der Waals surface area contributed by atoms with Gasteiger partial charge in [-0.05, 0) is 30.7 Å². The van der Waals surface area contributed by atoms with Crippen LogP contribution in [0.15, 0.2) is 27.8 Å². The Kier molecular flexibility index (Phi) is 3.64. The predicted molar refractivity (Wildman–Crippen MR) is 57.8 cm³/mol. The van der Waals surface area contributed by atoms with E-state index in [9.17, 15) is 4.79 Å². The summed E-state index contributed by atoms with van der Waals surface area (Å²) in [4.78, 5) is 11.0. The van der Waals surface area contributed by atoms with E-state index in [1.807, 2.05) is 19.1 Å². The lowest BCUT2D eigenvalue weighted by molar-refractivity contribution is -0.110. The molecule has 1 amide bonds. The molecule has 0 saturated carbocycles. The second kappa shape index (κ2) is 4.76. The minimum absolute atomic E-state index is 0.464. The smallest absolute Gasteiger partial charge is 0.270 e. The van der Waals surface area contributed by atoms with Crippen LogP contribution in [0.3, 0.4) is 0 Å². The van der Waals surface area contributed by atoms with Crippen molar-refractivity contribution >= 4 is 33.7 Å². The quantitative estimate of drug-likeness (QED) is 0.484. The number of nitrogens with zero attached hydrogens (tertiary/aromatic N) is 1. The number of carbonyl (C=O) groups excluding carboxylic acids is 1. The Balaban J connectivity index is 2.78. The van der Waals surface area contributed by atoms with Gasteiger partial charge in [0.15, 0.2) is 0 Å². The van der Waals surface area contributed by atoms with E-state index in [4.69, 9.17) is 5.21 Å². The third-order valence-electron chi connectivity index (χ3n) is 1.60. The minimum Gasteiger partial charge on any atom is -0.411 e. The van der Waals surface area contributed by atoms with Crippen LogP contribution in [0.1, 0.15) is 5.56 Å². The molecule has 0 fully saturated rings. The molecule has 0 spiro atoms. The highest BCUT2D eigenvalue weighted by Gasteiger charge is 2.00. The standard InChI is InChI=1S/C9H9BrN2O2/c1-6-4-7(2-3-8(6)10)12-9(13)5-11-14/h2-5,14H,1H3,(H,12,13). The van der Waals surface area contributed by atoms with E-state index in [1.54, 1.807) is 6.07 Å². The van der Waals surface area contributed by atoms with Crippen molar-refractivity contribution in [2.24, 2.45) is 5.16 Å². The largest absolute Gasteiger partial charge is 0.411 e. The molecule has 0 aliphatic heterocycles. The summed E-state index contributed by atoms with van der Waals surface area (Å²) in [5, 5.41) is 13.3. The number of aryl methyl sites for hydroxylation is 1. The van der Waals surface area contributed by atoms with Gasteiger partial charge in [0.2, 0.25) is 0 Å². The van der Waals surface area contributed by atoms with E-state index in [2.05, 4.69) is 26.4 Å². The Morgan fingerprint density at radius 2 is 2.36 bits per heavy atom. The van der Waals surface area contributed by atoms with Crippen LogP contribution < -0.4 is 5.32 Å². The lowest BCUT2D eigenvalue weighted by Crippen LogP contribution is -2.12. The number of halogens is 1. The van der Waals surface area contributed by atoms with Crippen molar-refractivity contribution < 1.29 is 10.0 Å². The fraction of sp³-hybridized carbons (Fsp3) is 0.111. The number of anilines is 1. The van der Waals surface area contributed by atoms with Crippen LogP contribution in [0.5, 0.6) is 0 Å². The number of carbonyl (C=O) groups is 1. The van der Waals surface area contributed by atoms with Crippen molar-refractivity contribution in [3.8, 4) is 0 Å². The molecular formula is C9H9BrN2O2. The zero-order valence-electron chi connectivity index (χ0n) is 7.49. The molecule has 0 aliphatic rings. The lowest BCUT2D eigenvalue weighted by atomic mass is 10.2. The van der Waals surface area contributed by atoms with Crippen LogP contribution in [0.4, 0.5) is 5.69 Å². The lowest BCUT2D eigenvalue weighted by Gasteiger charge is -2.03. The van der Waals surface area contributed by atoms with Crippen molar-refractivity contribution in [2.75, 3.05) is 5.32 Å². The van der Waals surface area contributed by atoms with E-state index in [1.165, 1.54) is 0 Å². The van der Waals surface area contributed by atoms with Gasteiger partial charge >= 0.3 is 0 Å². The fourth-order valence-corrected chi connectivity index (χ4v) is 1.20. The van der Waals surface area contributed by atoms with Crippen molar-refractivity contribution in [3.05, 3.63) is 28.2 Å². The predicted octanol–water partition coefficient (Wildman–Crippen LogP) is 2.16. The Bertz CT molecular complexity index is 377. The zero-order chi connectivity index (χ0) is 10.6. The van der Waals surface area contributed by atoms with Crippen LogP contribution in [0.2, 0.25) is 0 Å². The topological polar surface area (TPSA) is 61.7 Å². The van der Waals surface area contributed by atoms with Crippen LogP contribution in [-0.2, 0) is 4.79 Å². The second-order valence-corrected chi connectivity index (χ2v) is 3.55. The monoisotopic (exact) mass is 256 g/mol. The molecule has 74 valence electrons. The van der Waals surface area contributed by atoms with E-state index in [0.29, 0.717) is 5.69 Å². The van der Waals surface area contributed by atoms with E-state index < -0.39 is 5.91 Å². The van der Waals surface area contributed by atoms with Crippen LogP contribution in [-0.4, -0.2) is 17.3 Å². The number of rotatable bonds is 2. The van der Waals surface area contributed by atoms with Gasteiger partial charge in [0.05, 0.1) is 0 Å². The number of hydrogen-bond acceptors (Lipinski definition) is 3. The van der Waals surface area contributed by atoms with Gasteiger partial charge in [-0.1, -0.05) is 21.1 Å². The summed E-state index contributed by atoms with van der Waals surface area (Å²) < 4.78 is 0.978. The van der Waals surface area contributed by atoms with Gasteiger partial charge in [-0.25, -0.2) is 0 Å². The average molecular weight is 257 g/mol. The van der Waals surface area contributed by atoms with Crippen LogP contribution in [0, 0.1) is 6.92 Å². The maximum Gasteiger partial charge on any atom is 0.270 e. The van der Waals surface area contributed by atoms with Gasteiger partial charge < -0.3 is 10.5 Å². The first kappa shape index (κ1) is 10.7. The Morgan fingerprint density at radius 1 is 1.64 bits per heavy atom. The van der Waals surface area contributed by atoms with Gasteiger partial charge in [0.25, 0.3) is 5.91 Å². The average Bonchev–Trinajstić information content (AvgIpc) is 2.12. The summed E-state index contributed by atoms with van der Waals surface area (Å²) in [5.41, 5.74) is 1.68. The minimum atomic E-state index is -0.464. The molecule has 14 heavy (non-hydrogen) atoms. The maximum atomic E-state index is 11.0. The molecule has 0 heterocycles. The molecule has 4 nitrogen and oxygen atoms in total. The molecule has 5 heteroatoms. The molecule has 2 N–H and O–H groups in total. The first-order valence-corrected chi connectivity index (χ1v) is 4.67. The Hall–Kier alpha value is -1.36. The molecular weight excluding hydrogens is 248 g/mol. The summed E-state index contributed by atoms with van der Waals surface area (Å²) in [5.74, 6) is -0.464. The van der Waals surface area contributed by atoms with E-state index >= 15 is 0 Å². The zero-order valence-corrected chi connectivity index (χ0v) is 9.08. The molecule has 0 saturated heterocycles. The first-order chi connectivity index (χ1) is 6.63. The molecule has 0 radical (unpaired) electrons. The van der Waals surface area contributed by atoms with Gasteiger partial charge in [0, 0.05) is 10.2 Å². The molecule has 0 unspecified atom stereocenters. The third-order valence-corrected chi connectivity index (χ3v) is 2.49. The van der Waals surface area contributed by atoms with Gasteiger partial charge in [-0.15, -0.1) is 0 Å². The first-order valence-electron chi connectivity index (χ1n) is 3.88. The Labute approximate surface area is 89.7 Å². The van der Waals surface area contributed by atoms with Crippen molar-refractivity contribution in [1.29, 1.82) is 0 Å². The summed E-state index contributed by atoms with van der Waals surface area (Å²) in [7, 11) is 0. The van der Waals surface area contributed by atoms with Crippen molar-refractivity contribution in [1.82, 2.24) is 0 Å². The second-order valence-electron chi connectivity index (χ2n) is 2.70. The number of hydrogen-bond donors (Lipinski definition) is 2. The van der Waals surface area contributed by atoms with E-state index in [0.717, 1.165) is 16.3 Å². The number of oxime groups is 1. The number of benzene rings is 1. The molecule has 0 aromatic heterocycles. The van der Waals surface area contributed by atoms with Crippen molar-refractivity contribution in [2.45, 2.75) is 6.92 Å². The van der Waals surface area contributed by atoms with E-state index in [-0.39, 0.29) is 0 Å². The fourth-order valence-electron chi connectivity index (χ4n) is 0.949. The SMILES string of the molecule is Cc1cc(NC(=O)C=NO)ccc1Br. The molecule has 1 rings (SSSR count). The molecule has 1 aromatic rings. The maximum absolute atomic E-state index is 11.0. The highest BCUT2D eigenvalue weighted by molar-refractivity contribution is 9.10. The Morgan fingerprint density at radius 3 is 2.93 bits per heavy atom. The molecule has 0 atom stereocenters. The summed E-state index contributed by atoms with van der Waals surface area (Å²) in [6.07, 6.45) is 0.803. The molecule has 0 aliphatic carbocycles. The van der Waals surface area contributed by atoms with Gasteiger partial charge in [-0.2, -0.15) is 0 Å². The molecule has 1 aromatic carbocycles. The van der Waals surface area contributed by atoms with Crippen molar-refractivity contribution in [3.63, 3.8) is 0 Å². The number of nitrogens with one attached hydrogen (secondary N) is 1. The summed E-state index contributed by atoms with van der Waals surface area (Å²) in [6, 6.07) is 5.40. The van der Waals surface area contributed by atoms with Crippen LogP contribution in [0.25, 0.3) is 0 Å². The van der Waals surface area contributed by atoms with Gasteiger partial charge in [0.1, 0.15) is 6.21 Å². The molecule has 0 bridgehead atoms. The normalized spacial score (nSPS) is 10.4.